The maximum atomic E-state index is 2.50. The van der Waals surface area contributed by atoms with E-state index >= 15 is 0 Å². The molecule has 0 nitrogen and oxygen atoms in total. The third-order valence-electron chi connectivity index (χ3n) is 3.60. The average Bonchev–Trinajstić information content (AvgIpc) is 2.53. The fourth-order valence-corrected chi connectivity index (χ4v) is 3.66. The molecule has 0 saturated carbocycles. The van der Waals surface area contributed by atoms with Crippen molar-refractivity contribution in [1.82, 2.24) is 0 Å². The maximum Gasteiger partial charge on any atom is 2.00 e. The summed E-state index contributed by atoms with van der Waals surface area (Å²) in [7, 11) is 1.05. The van der Waals surface area contributed by atoms with E-state index in [4.69, 9.17) is 0 Å². The first-order valence-electron chi connectivity index (χ1n) is 6.49. The Morgan fingerprint density at radius 1 is 1.24 bits per heavy atom. The second kappa shape index (κ2) is 5.95. The molecular formula is C15H23SiTi+. The van der Waals surface area contributed by atoms with Crippen molar-refractivity contribution < 1.29 is 21.7 Å². The standard InChI is InChI=1S/C15H23Si.Ti/c1-11-13(10-16-15(2,3)4)9-12-7-5-6-8-14(11)12;/h9H,5-8,10H2,1-4H3;/q-1;+2. The van der Waals surface area contributed by atoms with Crippen molar-refractivity contribution >= 4 is 9.52 Å². The molecule has 0 amide bonds. The van der Waals surface area contributed by atoms with Gasteiger partial charge in [-0.05, 0) is 5.04 Å². The van der Waals surface area contributed by atoms with Gasteiger partial charge in [0.05, 0.1) is 0 Å². The van der Waals surface area contributed by atoms with Crippen LogP contribution >= 0.6 is 0 Å². The Bertz CT molecular complexity index is 371. The summed E-state index contributed by atoms with van der Waals surface area (Å²) in [5.41, 5.74) is 6.61. The van der Waals surface area contributed by atoms with Gasteiger partial charge in [0, 0.05) is 9.52 Å². The first-order valence-corrected chi connectivity index (χ1v) is 7.70. The van der Waals surface area contributed by atoms with Crippen LogP contribution in [0.1, 0.15) is 55.9 Å². The molecule has 0 unspecified atom stereocenters. The quantitative estimate of drug-likeness (QED) is 0.567. The van der Waals surface area contributed by atoms with Crippen molar-refractivity contribution in [2.24, 2.45) is 0 Å². The molecule has 1 aromatic rings. The molecule has 1 aromatic carbocycles. The molecule has 0 bridgehead atoms. The number of rotatable bonds is 2. The summed E-state index contributed by atoms with van der Waals surface area (Å²) in [4.78, 5) is 0. The molecule has 0 aromatic heterocycles. The molecule has 0 fully saturated rings. The summed E-state index contributed by atoms with van der Waals surface area (Å²) in [5.74, 6) is 0. The minimum absolute atomic E-state index is 0. The molecule has 1 aliphatic carbocycles. The van der Waals surface area contributed by atoms with Crippen LogP contribution < -0.4 is 0 Å². The number of fused-ring (bicyclic) bond motifs is 1. The van der Waals surface area contributed by atoms with Crippen LogP contribution in [0.5, 0.6) is 0 Å². The number of hydrogen-bond donors (Lipinski definition) is 0. The van der Waals surface area contributed by atoms with Crippen LogP contribution in [0.3, 0.4) is 0 Å². The maximum absolute atomic E-state index is 2.50. The van der Waals surface area contributed by atoms with Crippen molar-refractivity contribution in [3.05, 3.63) is 28.3 Å². The minimum Gasteiger partial charge on any atom is -0.207 e. The van der Waals surface area contributed by atoms with Gasteiger partial charge in [-0.2, -0.15) is 22.3 Å². The van der Waals surface area contributed by atoms with Gasteiger partial charge in [0.1, 0.15) is 0 Å². The van der Waals surface area contributed by atoms with E-state index in [-0.39, 0.29) is 21.7 Å². The molecule has 0 N–H and O–H groups in total. The van der Waals surface area contributed by atoms with E-state index in [0.29, 0.717) is 5.04 Å². The van der Waals surface area contributed by atoms with E-state index in [1.807, 2.05) is 0 Å². The van der Waals surface area contributed by atoms with Crippen LogP contribution in [0, 0.1) is 6.92 Å². The van der Waals surface area contributed by atoms with E-state index in [0.717, 1.165) is 9.52 Å². The van der Waals surface area contributed by atoms with Crippen molar-refractivity contribution in [2.75, 3.05) is 0 Å². The van der Waals surface area contributed by atoms with Gasteiger partial charge in [-0.15, -0.1) is 0 Å². The zero-order valence-electron chi connectivity index (χ0n) is 11.6. The van der Waals surface area contributed by atoms with Crippen LogP contribution in [0.25, 0.3) is 0 Å². The second-order valence-corrected chi connectivity index (χ2v) is 8.32. The smallest absolute Gasteiger partial charge is 0.207 e. The van der Waals surface area contributed by atoms with Crippen molar-refractivity contribution in [1.29, 1.82) is 0 Å². The molecule has 0 atom stereocenters. The minimum atomic E-state index is 0. The van der Waals surface area contributed by atoms with Crippen molar-refractivity contribution in [3.8, 4) is 0 Å². The Morgan fingerprint density at radius 3 is 2.47 bits per heavy atom. The van der Waals surface area contributed by atoms with Gasteiger partial charge in [0.25, 0.3) is 0 Å². The first kappa shape index (κ1) is 15.3. The summed E-state index contributed by atoms with van der Waals surface area (Å²) in [6.07, 6.45) is 5.46. The Balaban J connectivity index is 0.00000144. The molecule has 90 valence electrons. The Kier molecular flexibility index (Phi) is 5.37. The molecule has 0 saturated heterocycles. The van der Waals surface area contributed by atoms with Gasteiger partial charge in [-0.1, -0.05) is 59.4 Å². The zero-order valence-corrected chi connectivity index (χ0v) is 14.2. The zero-order chi connectivity index (χ0) is 11.8. The summed E-state index contributed by atoms with van der Waals surface area (Å²) in [5, 5.41) is 0.490. The second-order valence-electron chi connectivity index (χ2n) is 6.11. The summed E-state index contributed by atoms with van der Waals surface area (Å²) < 4.78 is 0. The molecular weight excluding hydrogens is 256 g/mol. The van der Waals surface area contributed by atoms with E-state index in [1.54, 1.807) is 22.3 Å². The van der Waals surface area contributed by atoms with E-state index in [1.165, 1.54) is 31.7 Å². The molecule has 0 aliphatic heterocycles. The summed E-state index contributed by atoms with van der Waals surface area (Å²) in [6, 6.07) is 3.80. The van der Waals surface area contributed by atoms with Gasteiger partial charge >= 0.3 is 21.7 Å². The Labute approximate surface area is 124 Å². The van der Waals surface area contributed by atoms with Crippen LogP contribution in [0.2, 0.25) is 5.04 Å². The Morgan fingerprint density at radius 2 is 1.88 bits per heavy atom. The third kappa shape index (κ3) is 3.87. The van der Waals surface area contributed by atoms with Gasteiger partial charge in [-0.3, -0.25) is 0 Å². The average molecular weight is 279 g/mol. The monoisotopic (exact) mass is 279 g/mol. The van der Waals surface area contributed by atoms with Crippen LogP contribution in [0.4, 0.5) is 0 Å². The first-order chi connectivity index (χ1) is 7.47. The molecule has 0 heterocycles. The SMILES string of the molecule is C[c-]1c(C[Si]C(C)(C)C)cc2c1CCCC2.[Ti+2]. The molecule has 0 spiro atoms. The summed E-state index contributed by atoms with van der Waals surface area (Å²) in [6.45, 7) is 9.39. The fraction of sp³-hybridized carbons (Fsp3) is 0.667. The number of aryl methyl sites for hydroxylation is 1. The van der Waals surface area contributed by atoms with Crippen LogP contribution in [-0.2, 0) is 40.6 Å². The van der Waals surface area contributed by atoms with Crippen LogP contribution in [0.15, 0.2) is 6.07 Å². The molecule has 1 aliphatic rings. The molecule has 2 radical (unpaired) electrons. The van der Waals surface area contributed by atoms with E-state index in [2.05, 4.69) is 33.8 Å². The van der Waals surface area contributed by atoms with Gasteiger partial charge in [0.15, 0.2) is 0 Å². The topological polar surface area (TPSA) is 0 Å². The number of hydrogen-bond acceptors (Lipinski definition) is 0. The van der Waals surface area contributed by atoms with Crippen molar-refractivity contribution in [2.45, 2.75) is 64.5 Å². The predicted octanol–water partition coefficient (Wildman–Crippen LogP) is 4.01. The van der Waals surface area contributed by atoms with Gasteiger partial charge in [0.2, 0.25) is 0 Å². The molecule has 17 heavy (non-hydrogen) atoms. The Hall–Kier alpha value is 0.281. The predicted molar refractivity (Wildman–Crippen MR) is 72.6 cm³/mol. The van der Waals surface area contributed by atoms with E-state index < -0.39 is 0 Å². The van der Waals surface area contributed by atoms with Gasteiger partial charge < -0.3 is 0 Å². The molecule has 2 rings (SSSR count). The third-order valence-corrected chi connectivity index (χ3v) is 5.22. The molecule has 2 heteroatoms. The van der Waals surface area contributed by atoms with Crippen LogP contribution in [-0.4, -0.2) is 9.52 Å². The largest absolute Gasteiger partial charge is 2.00 e. The fourth-order valence-electron chi connectivity index (χ4n) is 2.57. The van der Waals surface area contributed by atoms with E-state index in [9.17, 15) is 0 Å². The van der Waals surface area contributed by atoms with Gasteiger partial charge in [-0.25, -0.2) is 6.07 Å². The normalized spacial score (nSPS) is 15.3. The van der Waals surface area contributed by atoms with Crippen molar-refractivity contribution in [3.63, 3.8) is 0 Å². The summed E-state index contributed by atoms with van der Waals surface area (Å²) >= 11 is 0.